The van der Waals surface area contributed by atoms with E-state index in [9.17, 15) is 5.11 Å². The summed E-state index contributed by atoms with van der Waals surface area (Å²) in [5.41, 5.74) is 3.58. The van der Waals surface area contributed by atoms with Gasteiger partial charge in [0.15, 0.2) is 5.65 Å². The van der Waals surface area contributed by atoms with Crippen molar-refractivity contribution in [2.45, 2.75) is 25.5 Å². The predicted molar refractivity (Wildman–Crippen MR) is 93.9 cm³/mol. The van der Waals surface area contributed by atoms with Crippen LogP contribution in [-0.4, -0.2) is 38.8 Å². The van der Waals surface area contributed by atoms with Crippen LogP contribution < -0.4 is 10.6 Å². The Morgan fingerprint density at radius 3 is 3.00 bits per heavy atom. The zero-order valence-electron chi connectivity index (χ0n) is 13.4. The molecule has 1 aliphatic heterocycles. The van der Waals surface area contributed by atoms with Crippen molar-refractivity contribution in [2.24, 2.45) is 0 Å². The second-order valence-electron chi connectivity index (χ2n) is 6.13. The lowest BCUT2D eigenvalue weighted by atomic mass is 10.0. The van der Waals surface area contributed by atoms with Gasteiger partial charge in [0.1, 0.15) is 5.82 Å². The maximum atomic E-state index is 9.59. The average molecular weight is 323 g/mol. The van der Waals surface area contributed by atoms with E-state index in [1.807, 2.05) is 41.0 Å². The summed E-state index contributed by atoms with van der Waals surface area (Å²) >= 11 is 0. The van der Waals surface area contributed by atoms with Crippen molar-refractivity contribution in [1.82, 2.24) is 19.9 Å². The van der Waals surface area contributed by atoms with Gasteiger partial charge in [-0.2, -0.15) is 9.61 Å². The first-order valence-corrected chi connectivity index (χ1v) is 8.36. The van der Waals surface area contributed by atoms with Crippen molar-refractivity contribution >= 4 is 11.5 Å². The predicted octanol–water partition coefficient (Wildman–Crippen LogP) is 2.05. The first-order chi connectivity index (χ1) is 11.9. The molecule has 24 heavy (non-hydrogen) atoms. The van der Waals surface area contributed by atoms with Crippen molar-refractivity contribution < 1.29 is 5.11 Å². The van der Waals surface area contributed by atoms with Gasteiger partial charge in [-0.25, -0.2) is 4.98 Å². The van der Waals surface area contributed by atoms with Gasteiger partial charge >= 0.3 is 0 Å². The molecule has 1 fully saturated rings. The van der Waals surface area contributed by atoms with E-state index in [-0.39, 0.29) is 6.61 Å². The fourth-order valence-electron chi connectivity index (χ4n) is 3.30. The lowest BCUT2D eigenvalue weighted by molar-refractivity contribution is 0.282. The molecule has 3 heterocycles. The van der Waals surface area contributed by atoms with E-state index in [0.29, 0.717) is 6.04 Å². The third kappa shape index (κ3) is 2.74. The van der Waals surface area contributed by atoms with Gasteiger partial charge in [0.2, 0.25) is 0 Å². The van der Waals surface area contributed by atoms with E-state index >= 15 is 0 Å². The second-order valence-corrected chi connectivity index (χ2v) is 6.13. The molecule has 0 saturated carbocycles. The van der Waals surface area contributed by atoms with Crippen LogP contribution >= 0.6 is 0 Å². The molecule has 0 amide bonds. The molecule has 1 atom stereocenters. The van der Waals surface area contributed by atoms with Gasteiger partial charge in [-0.05, 0) is 36.6 Å². The van der Waals surface area contributed by atoms with Gasteiger partial charge in [0, 0.05) is 24.3 Å². The van der Waals surface area contributed by atoms with Crippen LogP contribution in [0.5, 0.6) is 0 Å². The molecule has 2 aromatic heterocycles. The van der Waals surface area contributed by atoms with Crippen LogP contribution in [0, 0.1) is 0 Å². The molecular weight excluding hydrogens is 302 g/mol. The van der Waals surface area contributed by atoms with Crippen LogP contribution in [0.1, 0.15) is 18.4 Å². The maximum absolute atomic E-state index is 9.59. The Balaban J connectivity index is 1.73. The molecule has 0 spiro atoms. The summed E-state index contributed by atoms with van der Waals surface area (Å²) in [6.45, 7) is 2.05. The smallest absolute Gasteiger partial charge is 0.165 e. The monoisotopic (exact) mass is 323 g/mol. The minimum Gasteiger partial charge on any atom is -0.392 e. The molecule has 0 aliphatic carbocycles. The number of hydrogen-bond donors (Lipinski definition) is 3. The fourth-order valence-corrected chi connectivity index (χ4v) is 3.30. The highest BCUT2D eigenvalue weighted by Gasteiger charge is 2.16. The lowest BCUT2D eigenvalue weighted by Crippen LogP contribution is -2.38. The molecule has 1 aromatic carbocycles. The minimum atomic E-state index is -0.000796. The molecule has 1 saturated heterocycles. The minimum absolute atomic E-state index is 0.000796. The molecular formula is C18H21N5O. The first-order valence-electron chi connectivity index (χ1n) is 8.36. The van der Waals surface area contributed by atoms with E-state index in [1.54, 1.807) is 6.20 Å². The van der Waals surface area contributed by atoms with Crippen molar-refractivity contribution in [3.8, 4) is 11.1 Å². The molecule has 3 N–H and O–H groups in total. The number of benzene rings is 1. The van der Waals surface area contributed by atoms with Crippen molar-refractivity contribution in [3.63, 3.8) is 0 Å². The topological polar surface area (TPSA) is 74.5 Å². The summed E-state index contributed by atoms with van der Waals surface area (Å²) in [7, 11) is 0. The number of hydrogen-bond acceptors (Lipinski definition) is 5. The molecule has 124 valence electrons. The molecule has 1 aliphatic rings. The summed E-state index contributed by atoms with van der Waals surface area (Å²) < 4.78 is 1.85. The largest absolute Gasteiger partial charge is 0.392 e. The average Bonchev–Trinajstić information content (AvgIpc) is 3.07. The Kier molecular flexibility index (Phi) is 4.15. The normalized spacial score (nSPS) is 18.0. The number of anilines is 1. The summed E-state index contributed by atoms with van der Waals surface area (Å²) in [5, 5.41) is 21.1. The number of aliphatic hydroxyl groups excluding tert-OH is 1. The number of rotatable bonds is 4. The molecule has 1 unspecified atom stereocenters. The van der Waals surface area contributed by atoms with Gasteiger partial charge < -0.3 is 15.7 Å². The molecule has 6 nitrogen and oxygen atoms in total. The van der Waals surface area contributed by atoms with Crippen LogP contribution in [0.15, 0.2) is 42.7 Å². The van der Waals surface area contributed by atoms with Gasteiger partial charge in [-0.3, -0.25) is 0 Å². The van der Waals surface area contributed by atoms with Crippen molar-refractivity contribution in [2.75, 3.05) is 18.4 Å². The third-order valence-corrected chi connectivity index (χ3v) is 4.53. The summed E-state index contributed by atoms with van der Waals surface area (Å²) in [6, 6.07) is 10.2. The van der Waals surface area contributed by atoms with E-state index < -0.39 is 0 Å². The number of piperidine rings is 1. The second kappa shape index (κ2) is 6.59. The Hall–Kier alpha value is -2.44. The standard InChI is InChI=1S/C18H21N5O/c24-12-13-4-1-2-6-15(13)16-11-21-23-17(7-9-20-18(16)23)22-14-5-3-8-19-10-14/h1-2,4,6-7,9,11,14,19,22,24H,3,5,8,10,12H2. The highest BCUT2D eigenvalue weighted by Crippen LogP contribution is 2.28. The molecule has 0 radical (unpaired) electrons. The van der Waals surface area contributed by atoms with Crippen LogP contribution in [0.2, 0.25) is 0 Å². The number of nitrogens with one attached hydrogen (secondary N) is 2. The Bertz CT molecular complexity index is 838. The Morgan fingerprint density at radius 1 is 1.25 bits per heavy atom. The van der Waals surface area contributed by atoms with Gasteiger partial charge in [0.05, 0.1) is 12.8 Å². The van der Waals surface area contributed by atoms with E-state index in [2.05, 4.69) is 20.7 Å². The zero-order valence-corrected chi connectivity index (χ0v) is 13.4. The molecule has 6 heteroatoms. The summed E-state index contributed by atoms with van der Waals surface area (Å²) in [6.07, 6.45) is 5.96. The Morgan fingerprint density at radius 2 is 2.17 bits per heavy atom. The lowest BCUT2D eigenvalue weighted by Gasteiger charge is -2.24. The maximum Gasteiger partial charge on any atom is 0.165 e. The number of fused-ring (bicyclic) bond motifs is 1. The van der Waals surface area contributed by atoms with E-state index in [0.717, 1.165) is 47.7 Å². The zero-order chi connectivity index (χ0) is 16.4. The van der Waals surface area contributed by atoms with Crippen LogP contribution in [0.3, 0.4) is 0 Å². The van der Waals surface area contributed by atoms with Crippen LogP contribution in [-0.2, 0) is 6.61 Å². The van der Waals surface area contributed by atoms with Gasteiger partial charge in [-0.1, -0.05) is 24.3 Å². The Labute approximate surface area is 140 Å². The molecule has 4 rings (SSSR count). The summed E-state index contributed by atoms with van der Waals surface area (Å²) in [5.74, 6) is 0.946. The van der Waals surface area contributed by atoms with Gasteiger partial charge in [0.25, 0.3) is 0 Å². The highest BCUT2D eigenvalue weighted by molar-refractivity contribution is 5.80. The number of nitrogens with zero attached hydrogens (tertiary/aromatic N) is 3. The van der Waals surface area contributed by atoms with Crippen LogP contribution in [0.4, 0.5) is 5.82 Å². The highest BCUT2D eigenvalue weighted by atomic mass is 16.3. The number of aliphatic hydroxyl groups is 1. The molecule has 0 bridgehead atoms. The van der Waals surface area contributed by atoms with Crippen LogP contribution in [0.25, 0.3) is 16.8 Å². The SMILES string of the molecule is OCc1ccccc1-c1cnn2c(NC3CCCNC3)ccnc12. The third-order valence-electron chi connectivity index (χ3n) is 4.53. The van der Waals surface area contributed by atoms with Crippen molar-refractivity contribution in [1.29, 1.82) is 0 Å². The molecule has 3 aromatic rings. The first kappa shape index (κ1) is 15.1. The summed E-state index contributed by atoms with van der Waals surface area (Å²) in [4.78, 5) is 4.51. The quantitative estimate of drug-likeness (QED) is 0.685. The van der Waals surface area contributed by atoms with E-state index in [4.69, 9.17) is 0 Å². The van der Waals surface area contributed by atoms with Gasteiger partial charge in [-0.15, -0.1) is 0 Å². The number of aromatic nitrogens is 3. The van der Waals surface area contributed by atoms with E-state index in [1.165, 1.54) is 6.42 Å². The fraction of sp³-hybridized carbons (Fsp3) is 0.333. The van der Waals surface area contributed by atoms with Crippen molar-refractivity contribution in [3.05, 3.63) is 48.3 Å².